The van der Waals surface area contributed by atoms with Crippen LogP contribution in [0.15, 0.2) is 24.3 Å². The van der Waals surface area contributed by atoms with Gasteiger partial charge in [0, 0.05) is 22.4 Å². The minimum Gasteiger partial charge on any atom is -0.370 e. The standard InChI is InChI=1S/C14H18N4O2S/c1-3-8-15-13-7-6-12(18(19)20)14(17-13)16-9-11-5-4-10(2)21-11/h4-7H,3,8-9H2,1-2H3,(H2,15,16,17). The van der Waals surface area contributed by atoms with E-state index in [1.807, 2.05) is 19.1 Å². The molecule has 0 aliphatic heterocycles. The van der Waals surface area contributed by atoms with Crippen LogP contribution in [-0.4, -0.2) is 16.5 Å². The molecule has 0 saturated heterocycles. The van der Waals surface area contributed by atoms with Gasteiger partial charge in [-0.1, -0.05) is 6.92 Å². The molecule has 2 heterocycles. The number of nitrogens with zero attached hydrogens (tertiary/aromatic N) is 2. The molecule has 112 valence electrons. The van der Waals surface area contributed by atoms with Crippen LogP contribution < -0.4 is 10.6 Å². The summed E-state index contributed by atoms with van der Waals surface area (Å²) in [5.74, 6) is 0.944. The molecule has 0 unspecified atom stereocenters. The van der Waals surface area contributed by atoms with E-state index in [9.17, 15) is 10.1 Å². The summed E-state index contributed by atoms with van der Waals surface area (Å²) in [5, 5.41) is 17.3. The first-order valence-electron chi connectivity index (χ1n) is 6.78. The third-order valence-electron chi connectivity index (χ3n) is 2.85. The van der Waals surface area contributed by atoms with E-state index in [2.05, 4.69) is 22.5 Å². The van der Waals surface area contributed by atoms with Gasteiger partial charge < -0.3 is 10.6 Å². The summed E-state index contributed by atoms with van der Waals surface area (Å²) in [5.41, 5.74) is -0.00896. The summed E-state index contributed by atoms with van der Waals surface area (Å²) in [6.45, 7) is 5.40. The molecule has 0 atom stereocenters. The summed E-state index contributed by atoms with van der Waals surface area (Å²) >= 11 is 1.66. The maximum Gasteiger partial charge on any atom is 0.311 e. The number of thiophene rings is 1. The molecule has 6 nitrogen and oxygen atoms in total. The molecule has 0 aliphatic carbocycles. The lowest BCUT2D eigenvalue weighted by atomic mass is 10.3. The highest BCUT2D eigenvalue weighted by Gasteiger charge is 2.16. The molecule has 0 amide bonds. The molecule has 0 saturated carbocycles. The Morgan fingerprint density at radius 1 is 1.29 bits per heavy atom. The Morgan fingerprint density at radius 3 is 2.71 bits per heavy atom. The van der Waals surface area contributed by atoms with Crippen LogP contribution in [0.2, 0.25) is 0 Å². The second-order valence-electron chi connectivity index (χ2n) is 4.61. The summed E-state index contributed by atoms with van der Waals surface area (Å²) < 4.78 is 0. The molecule has 2 N–H and O–H groups in total. The van der Waals surface area contributed by atoms with Crippen molar-refractivity contribution in [1.29, 1.82) is 0 Å². The van der Waals surface area contributed by atoms with Gasteiger partial charge in [-0.05, 0) is 31.5 Å². The Hall–Kier alpha value is -2.15. The van der Waals surface area contributed by atoms with Crippen molar-refractivity contribution in [3.05, 3.63) is 44.1 Å². The van der Waals surface area contributed by atoms with E-state index in [4.69, 9.17) is 0 Å². The SMILES string of the molecule is CCCNc1ccc([N+](=O)[O-])c(NCc2ccc(C)s2)n1. The van der Waals surface area contributed by atoms with Crippen LogP contribution in [0.25, 0.3) is 0 Å². The zero-order chi connectivity index (χ0) is 15.2. The molecule has 0 aliphatic rings. The van der Waals surface area contributed by atoms with Gasteiger partial charge in [0.15, 0.2) is 0 Å². The maximum absolute atomic E-state index is 11.1. The van der Waals surface area contributed by atoms with E-state index in [0.29, 0.717) is 18.2 Å². The Morgan fingerprint density at radius 2 is 2.10 bits per heavy atom. The van der Waals surface area contributed by atoms with Gasteiger partial charge in [0.05, 0.1) is 11.5 Å². The topological polar surface area (TPSA) is 80.1 Å². The number of hydrogen-bond acceptors (Lipinski definition) is 6. The van der Waals surface area contributed by atoms with Crippen LogP contribution in [0, 0.1) is 17.0 Å². The van der Waals surface area contributed by atoms with E-state index in [1.165, 1.54) is 10.9 Å². The molecule has 2 rings (SSSR count). The smallest absolute Gasteiger partial charge is 0.311 e. The van der Waals surface area contributed by atoms with E-state index >= 15 is 0 Å². The zero-order valence-corrected chi connectivity index (χ0v) is 12.9. The predicted octanol–water partition coefficient (Wildman–Crippen LogP) is 3.79. The molecular weight excluding hydrogens is 288 g/mol. The number of hydrogen-bond donors (Lipinski definition) is 2. The van der Waals surface area contributed by atoms with Gasteiger partial charge in [0.2, 0.25) is 5.82 Å². The second-order valence-corrected chi connectivity index (χ2v) is 5.99. The van der Waals surface area contributed by atoms with Crippen molar-refractivity contribution >= 4 is 28.7 Å². The van der Waals surface area contributed by atoms with Gasteiger partial charge in [-0.3, -0.25) is 10.1 Å². The fraction of sp³-hybridized carbons (Fsp3) is 0.357. The first kappa shape index (κ1) is 15.2. The largest absolute Gasteiger partial charge is 0.370 e. The van der Waals surface area contributed by atoms with Crippen molar-refractivity contribution in [2.24, 2.45) is 0 Å². The van der Waals surface area contributed by atoms with Gasteiger partial charge in [-0.2, -0.15) is 0 Å². The molecule has 0 fully saturated rings. The van der Waals surface area contributed by atoms with Gasteiger partial charge >= 0.3 is 5.69 Å². The zero-order valence-electron chi connectivity index (χ0n) is 12.0. The molecule has 7 heteroatoms. The minimum atomic E-state index is -0.418. The number of aryl methyl sites for hydroxylation is 1. The second kappa shape index (κ2) is 7.03. The van der Waals surface area contributed by atoms with Crippen molar-refractivity contribution in [1.82, 2.24) is 4.98 Å². The van der Waals surface area contributed by atoms with E-state index in [-0.39, 0.29) is 5.69 Å². The monoisotopic (exact) mass is 306 g/mol. The average molecular weight is 306 g/mol. The molecule has 2 aromatic heterocycles. The quantitative estimate of drug-likeness (QED) is 0.601. The lowest BCUT2D eigenvalue weighted by molar-refractivity contribution is -0.384. The number of nitro groups is 1. The summed E-state index contributed by atoms with van der Waals surface area (Å²) in [4.78, 5) is 17.3. The first-order chi connectivity index (χ1) is 10.1. The van der Waals surface area contributed by atoms with Crippen LogP contribution in [0.5, 0.6) is 0 Å². The van der Waals surface area contributed by atoms with Crippen LogP contribution in [-0.2, 0) is 6.54 Å². The number of nitrogens with one attached hydrogen (secondary N) is 2. The van der Waals surface area contributed by atoms with Crippen molar-refractivity contribution in [2.75, 3.05) is 17.2 Å². The van der Waals surface area contributed by atoms with Crippen molar-refractivity contribution in [3.63, 3.8) is 0 Å². The molecule has 21 heavy (non-hydrogen) atoms. The molecule has 0 radical (unpaired) electrons. The fourth-order valence-corrected chi connectivity index (χ4v) is 2.66. The van der Waals surface area contributed by atoms with Gasteiger partial charge in [-0.25, -0.2) is 4.98 Å². The Balaban J connectivity index is 2.15. The molecular formula is C14H18N4O2S. The first-order valence-corrected chi connectivity index (χ1v) is 7.60. The summed E-state index contributed by atoms with van der Waals surface area (Å²) in [6.07, 6.45) is 0.968. The fourth-order valence-electron chi connectivity index (χ4n) is 1.83. The predicted molar refractivity (Wildman–Crippen MR) is 86.1 cm³/mol. The van der Waals surface area contributed by atoms with E-state index in [0.717, 1.165) is 17.8 Å². The Kier molecular flexibility index (Phi) is 5.10. The third kappa shape index (κ3) is 4.16. The van der Waals surface area contributed by atoms with Crippen molar-refractivity contribution in [3.8, 4) is 0 Å². The van der Waals surface area contributed by atoms with Crippen molar-refractivity contribution in [2.45, 2.75) is 26.8 Å². The Labute approximate surface area is 127 Å². The van der Waals surface area contributed by atoms with Crippen LogP contribution in [0.3, 0.4) is 0 Å². The van der Waals surface area contributed by atoms with Gasteiger partial charge in [-0.15, -0.1) is 11.3 Å². The highest BCUT2D eigenvalue weighted by atomic mass is 32.1. The Bertz CT molecular complexity index is 627. The number of rotatable bonds is 7. The van der Waals surface area contributed by atoms with Crippen molar-refractivity contribution < 1.29 is 4.92 Å². The lowest BCUT2D eigenvalue weighted by Crippen LogP contribution is -2.07. The van der Waals surface area contributed by atoms with E-state index < -0.39 is 4.92 Å². The summed E-state index contributed by atoms with van der Waals surface area (Å²) in [7, 11) is 0. The highest BCUT2D eigenvalue weighted by molar-refractivity contribution is 7.11. The maximum atomic E-state index is 11.1. The minimum absolute atomic E-state index is 0.00896. The van der Waals surface area contributed by atoms with Crippen LogP contribution >= 0.6 is 11.3 Å². The summed E-state index contributed by atoms with van der Waals surface area (Å²) in [6, 6.07) is 7.15. The van der Waals surface area contributed by atoms with Crippen LogP contribution in [0.4, 0.5) is 17.3 Å². The number of pyridine rings is 1. The molecule has 2 aromatic rings. The average Bonchev–Trinajstić information content (AvgIpc) is 2.88. The normalized spacial score (nSPS) is 10.4. The van der Waals surface area contributed by atoms with Crippen LogP contribution in [0.1, 0.15) is 23.1 Å². The number of aromatic nitrogens is 1. The third-order valence-corrected chi connectivity index (χ3v) is 3.85. The molecule has 0 spiro atoms. The van der Waals surface area contributed by atoms with Gasteiger partial charge in [0.25, 0.3) is 0 Å². The highest BCUT2D eigenvalue weighted by Crippen LogP contribution is 2.25. The molecule has 0 aromatic carbocycles. The van der Waals surface area contributed by atoms with Gasteiger partial charge in [0.1, 0.15) is 5.82 Å². The number of anilines is 2. The lowest BCUT2D eigenvalue weighted by Gasteiger charge is -2.08. The van der Waals surface area contributed by atoms with E-state index in [1.54, 1.807) is 17.4 Å². The molecule has 0 bridgehead atoms.